The average Bonchev–Trinajstić information content (AvgIpc) is 3.29. The van der Waals surface area contributed by atoms with Crippen LogP contribution in [0.25, 0.3) is 0 Å². The van der Waals surface area contributed by atoms with Crippen molar-refractivity contribution in [2.75, 3.05) is 20.7 Å². The summed E-state index contributed by atoms with van der Waals surface area (Å²) in [6.45, 7) is 1.20. The third-order valence-corrected chi connectivity index (χ3v) is 5.65. The molecule has 6 nitrogen and oxygen atoms in total. The lowest BCUT2D eigenvalue weighted by Gasteiger charge is -2.39. The molecular weight excluding hydrogens is 378 g/mol. The molecule has 2 amide bonds. The molecule has 0 saturated carbocycles. The lowest BCUT2D eigenvalue weighted by atomic mass is 9.79. The van der Waals surface area contributed by atoms with Crippen molar-refractivity contribution in [3.8, 4) is 5.75 Å². The number of rotatable bonds is 6. The Bertz CT molecular complexity index is 1030. The predicted octanol–water partition coefficient (Wildman–Crippen LogP) is 3.22. The third-order valence-electron chi connectivity index (χ3n) is 5.65. The van der Waals surface area contributed by atoms with Crippen molar-refractivity contribution in [3.05, 3.63) is 89.7 Å². The van der Waals surface area contributed by atoms with Gasteiger partial charge in [0.1, 0.15) is 5.75 Å². The van der Waals surface area contributed by atoms with E-state index >= 15 is 0 Å². The summed E-state index contributed by atoms with van der Waals surface area (Å²) < 4.78 is 7.28. The van der Waals surface area contributed by atoms with Crippen molar-refractivity contribution in [2.45, 2.75) is 18.5 Å². The number of likely N-dealkylation sites (N-methyl/N-ethyl adjacent to an activating group) is 1. The summed E-state index contributed by atoms with van der Waals surface area (Å²) in [6.07, 6.45) is 3.93. The summed E-state index contributed by atoms with van der Waals surface area (Å²) >= 11 is 0. The van der Waals surface area contributed by atoms with Crippen LogP contribution in [-0.4, -0.2) is 42.0 Å². The lowest BCUT2D eigenvalue weighted by Crippen LogP contribution is -2.46. The number of nitrogens with one attached hydrogen (secondary N) is 1. The Hall–Kier alpha value is -3.54. The Kier molecular flexibility index (Phi) is 5.57. The number of amides is 2. The van der Waals surface area contributed by atoms with Crippen LogP contribution >= 0.6 is 0 Å². The number of methoxy groups -OCH3 is 1. The summed E-state index contributed by atoms with van der Waals surface area (Å²) in [4.78, 5) is 28.1. The van der Waals surface area contributed by atoms with E-state index in [-0.39, 0.29) is 11.8 Å². The van der Waals surface area contributed by atoms with Crippen LogP contribution in [0.15, 0.2) is 73.1 Å². The van der Waals surface area contributed by atoms with Crippen molar-refractivity contribution in [3.63, 3.8) is 0 Å². The standard InChI is InChI=1S/C24H25N3O3/c1-26-22(17-9-11-18(30-2)12-10-17)21(19-7-3-4-8-20(19)24(26)29)23(28)25-13-16-27-14-5-6-15-27/h3-12,14-15,21-22H,13,16H2,1-2H3,(H,25,28). The first-order valence-corrected chi connectivity index (χ1v) is 9.98. The number of carbonyl (C=O) groups excluding carboxylic acids is 2. The zero-order chi connectivity index (χ0) is 21.1. The Labute approximate surface area is 176 Å². The van der Waals surface area contributed by atoms with Crippen molar-refractivity contribution < 1.29 is 14.3 Å². The molecule has 0 aliphatic carbocycles. The molecule has 6 heteroatoms. The Morgan fingerprint density at radius 1 is 1.03 bits per heavy atom. The second kappa shape index (κ2) is 8.45. The number of ether oxygens (including phenoxy) is 1. The molecule has 1 aliphatic heterocycles. The van der Waals surface area contributed by atoms with Crippen molar-refractivity contribution in [1.82, 2.24) is 14.8 Å². The van der Waals surface area contributed by atoms with Gasteiger partial charge < -0.3 is 19.5 Å². The highest BCUT2D eigenvalue weighted by Gasteiger charge is 2.42. The van der Waals surface area contributed by atoms with Crippen LogP contribution in [0.1, 0.15) is 33.4 Å². The van der Waals surface area contributed by atoms with Gasteiger partial charge in [-0.3, -0.25) is 9.59 Å². The van der Waals surface area contributed by atoms with Gasteiger partial charge in [0.15, 0.2) is 0 Å². The van der Waals surface area contributed by atoms with Gasteiger partial charge in [-0.15, -0.1) is 0 Å². The molecule has 1 N–H and O–H groups in total. The highest BCUT2D eigenvalue weighted by atomic mass is 16.5. The first-order chi connectivity index (χ1) is 14.6. The fraction of sp³-hybridized carbons (Fsp3) is 0.250. The van der Waals surface area contributed by atoms with E-state index in [1.165, 1.54) is 0 Å². The van der Waals surface area contributed by atoms with Crippen LogP contribution in [0.5, 0.6) is 5.75 Å². The first-order valence-electron chi connectivity index (χ1n) is 9.98. The molecule has 2 aromatic carbocycles. The molecule has 0 saturated heterocycles. The predicted molar refractivity (Wildman–Crippen MR) is 114 cm³/mol. The molecule has 2 heterocycles. The minimum atomic E-state index is -0.498. The number of carbonyl (C=O) groups is 2. The van der Waals surface area contributed by atoms with Crippen LogP contribution in [0.3, 0.4) is 0 Å². The minimum absolute atomic E-state index is 0.0807. The normalized spacial score (nSPS) is 18.1. The van der Waals surface area contributed by atoms with E-state index in [4.69, 9.17) is 4.74 Å². The Morgan fingerprint density at radius 3 is 2.43 bits per heavy atom. The van der Waals surface area contributed by atoms with Crippen LogP contribution in [0.4, 0.5) is 0 Å². The number of hydrogen-bond donors (Lipinski definition) is 1. The van der Waals surface area contributed by atoms with E-state index < -0.39 is 12.0 Å². The molecule has 3 aromatic rings. The molecule has 154 valence electrons. The second-order valence-electron chi connectivity index (χ2n) is 7.41. The molecule has 4 rings (SSSR count). The fourth-order valence-electron chi connectivity index (χ4n) is 4.11. The van der Waals surface area contributed by atoms with Gasteiger partial charge in [-0.1, -0.05) is 30.3 Å². The van der Waals surface area contributed by atoms with Crippen molar-refractivity contribution >= 4 is 11.8 Å². The van der Waals surface area contributed by atoms with Gasteiger partial charge in [0.25, 0.3) is 5.91 Å². The smallest absolute Gasteiger partial charge is 0.254 e. The van der Waals surface area contributed by atoms with Gasteiger partial charge in [0.2, 0.25) is 5.91 Å². The number of hydrogen-bond acceptors (Lipinski definition) is 3. The summed E-state index contributed by atoms with van der Waals surface area (Å²) in [7, 11) is 3.37. The lowest BCUT2D eigenvalue weighted by molar-refractivity contribution is -0.124. The largest absolute Gasteiger partial charge is 0.497 e. The minimum Gasteiger partial charge on any atom is -0.497 e. The third kappa shape index (κ3) is 3.68. The van der Waals surface area contributed by atoms with E-state index in [1.54, 1.807) is 25.1 Å². The maximum atomic E-state index is 13.4. The summed E-state index contributed by atoms with van der Waals surface area (Å²) in [5, 5.41) is 3.07. The number of benzene rings is 2. The van der Waals surface area contributed by atoms with Gasteiger partial charge >= 0.3 is 0 Å². The molecule has 30 heavy (non-hydrogen) atoms. The van der Waals surface area contributed by atoms with Crippen molar-refractivity contribution in [2.24, 2.45) is 0 Å². The van der Waals surface area contributed by atoms with E-state index in [2.05, 4.69) is 5.32 Å². The average molecular weight is 403 g/mol. The Morgan fingerprint density at radius 2 is 1.73 bits per heavy atom. The molecule has 1 aliphatic rings. The number of nitrogens with zero attached hydrogens (tertiary/aromatic N) is 2. The monoisotopic (exact) mass is 403 g/mol. The maximum absolute atomic E-state index is 13.4. The maximum Gasteiger partial charge on any atom is 0.254 e. The second-order valence-corrected chi connectivity index (χ2v) is 7.41. The SMILES string of the molecule is COc1ccc(C2C(C(=O)NCCn3cccc3)c3ccccc3C(=O)N2C)cc1. The summed E-state index contributed by atoms with van der Waals surface area (Å²) in [5.74, 6) is 0.0659. The zero-order valence-corrected chi connectivity index (χ0v) is 17.1. The van der Waals surface area contributed by atoms with Gasteiger partial charge in [-0.2, -0.15) is 0 Å². The molecule has 2 unspecified atom stereocenters. The molecule has 0 radical (unpaired) electrons. The zero-order valence-electron chi connectivity index (χ0n) is 17.1. The molecule has 0 fully saturated rings. The van der Waals surface area contributed by atoms with E-state index in [0.29, 0.717) is 18.7 Å². The molecular formula is C24H25N3O3. The van der Waals surface area contributed by atoms with Gasteiger partial charge in [-0.05, 0) is 41.5 Å². The van der Waals surface area contributed by atoms with E-state index in [0.717, 1.165) is 16.9 Å². The van der Waals surface area contributed by atoms with Crippen LogP contribution in [0.2, 0.25) is 0 Å². The van der Waals surface area contributed by atoms with Gasteiger partial charge in [0.05, 0.1) is 19.1 Å². The topological polar surface area (TPSA) is 63.6 Å². The van der Waals surface area contributed by atoms with Crippen molar-refractivity contribution in [1.29, 1.82) is 0 Å². The summed E-state index contributed by atoms with van der Waals surface area (Å²) in [5.41, 5.74) is 2.24. The van der Waals surface area contributed by atoms with Gasteiger partial charge in [-0.25, -0.2) is 0 Å². The Balaban J connectivity index is 1.66. The highest BCUT2D eigenvalue weighted by Crippen LogP contribution is 2.42. The van der Waals surface area contributed by atoms with Gasteiger partial charge in [0, 0.05) is 38.1 Å². The van der Waals surface area contributed by atoms with Crippen LogP contribution in [0, 0.1) is 0 Å². The van der Waals surface area contributed by atoms with Crippen LogP contribution in [-0.2, 0) is 11.3 Å². The van der Waals surface area contributed by atoms with Crippen LogP contribution < -0.4 is 10.1 Å². The van der Waals surface area contributed by atoms with E-state index in [9.17, 15) is 9.59 Å². The summed E-state index contributed by atoms with van der Waals surface area (Å²) in [6, 6.07) is 18.4. The highest BCUT2D eigenvalue weighted by molar-refractivity contribution is 6.01. The first kappa shape index (κ1) is 19.8. The molecule has 1 aromatic heterocycles. The molecule has 0 bridgehead atoms. The molecule has 0 spiro atoms. The van der Waals surface area contributed by atoms with E-state index in [1.807, 2.05) is 71.6 Å². The quantitative estimate of drug-likeness (QED) is 0.687. The molecule has 2 atom stereocenters. The number of fused-ring (bicyclic) bond motifs is 1. The number of aromatic nitrogens is 1. The fourth-order valence-corrected chi connectivity index (χ4v) is 4.11.